The molecule has 1 fully saturated rings. The standard InChI is InChI=1S/C22H21N3O2/c26-22(25-14-6-7-15-25)20-13-12-17(16-23-20)24-19-10-4-5-11-21(19)27-18-8-2-1-3-9-18/h1-5,8-13,16,24H,6-7,14-15H2. The van der Waals surface area contributed by atoms with Crippen molar-refractivity contribution < 1.29 is 9.53 Å². The smallest absolute Gasteiger partial charge is 0.272 e. The summed E-state index contributed by atoms with van der Waals surface area (Å²) < 4.78 is 5.97. The van der Waals surface area contributed by atoms with Crippen molar-refractivity contribution in [2.45, 2.75) is 12.8 Å². The number of hydrogen-bond donors (Lipinski definition) is 1. The number of nitrogens with zero attached hydrogens (tertiary/aromatic N) is 2. The molecule has 1 aliphatic heterocycles. The highest BCUT2D eigenvalue weighted by molar-refractivity contribution is 5.92. The van der Waals surface area contributed by atoms with Gasteiger partial charge in [0.25, 0.3) is 5.91 Å². The third-order valence-corrected chi connectivity index (χ3v) is 4.51. The molecular weight excluding hydrogens is 338 g/mol. The second-order valence-electron chi connectivity index (χ2n) is 6.47. The van der Waals surface area contributed by atoms with Gasteiger partial charge >= 0.3 is 0 Å². The first-order valence-electron chi connectivity index (χ1n) is 9.14. The predicted octanol–water partition coefficient (Wildman–Crippen LogP) is 4.85. The van der Waals surface area contributed by atoms with Crippen LogP contribution in [0.1, 0.15) is 23.3 Å². The summed E-state index contributed by atoms with van der Waals surface area (Å²) in [7, 11) is 0. The number of aromatic nitrogens is 1. The fourth-order valence-electron chi connectivity index (χ4n) is 3.11. The number of anilines is 2. The van der Waals surface area contributed by atoms with Gasteiger partial charge in [-0.05, 0) is 49.2 Å². The predicted molar refractivity (Wildman–Crippen MR) is 106 cm³/mol. The first-order valence-corrected chi connectivity index (χ1v) is 9.14. The van der Waals surface area contributed by atoms with Crippen molar-refractivity contribution in [1.29, 1.82) is 0 Å². The molecule has 0 radical (unpaired) electrons. The molecule has 1 aromatic heterocycles. The van der Waals surface area contributed by atoms with Gasteiger partial charge in [0, 0.05) is 13.1 Å². The SMILES string of the molecule is O=C(c1ccc(Nc2ccccc2Oc2ccccc2)cn1)N1CCCC1. The molecular formula is C22H21N3O2. The average Bonchev–Trinajstić information content (AvgIpc) is 3.25. The number of para-hydroxylation sites is 3. The molecule has 0 atom stereocenters. The Balaban J connectivity index is 1.48. The normalized spacial score (nSPS) is 13.4. The van der Waals surface area contributed by atoms with E-state index in [-0.39, 0.29) is 5.91 Å². The maximum Gasteiger partial charge on any atom is 0.272 e. The Morgan fingerprint density at radius 2 is 1.67 bits per heavy atom. The number of nitrogens with one attached hydrogen (secondary N) is 1. The second-order valence-corrected chi connectivity index (χ2v) is 6.47. The molecule has 1 aliphatic rings. The largest absolute Gasteiger partial charge is 0.455 e. The number of benzene rings is 2. The molecule has 3 aromatic rings. The first kappa shape index (κ1) is 17.1. The maximum absolute atomic E-state index is 12.4. The zero-order chi connectivity index (χ0) is 18.5. The number of likely N-dealkylation sites (tertiary alicyclic amines) is 1. The Hall–Kier alpha value is -3.34. The third-order valence-electron chi connectivity index (χ3n) is 4.51. The fraction of sp³-hybridized carbons (Fsp3) is 0.182. The molecule has 0 bridgehead atoms. The van der Waals surface area contributed by atoms with Crippen LogP contribution < -0.4 is 10.1 Å². The van der Waals surface area contributed by atoms with Gasteiger partial charge in [0.05, 0.1) is 17.6 Å². The van der Waals surface area contributed by atoms with Gasteiger partial charge in [0.15, 0.2) is 5.75 Å². The van der Waals surface area contributed by atoms with Crippen LogP contribution in [0.5, 0.6) is 11.5 Å². The molecule has 0 aliphatic carbocycles. The van der Waals surface area contributed by atoms with Gasteiger partial charge in [0.1, 0.15) is 11.4 Å². The minimum atomic E-state index is 0.00635. The van der Waals surface area contributed by atoms with E-state index in [4.69, 9.17) is 4.74 Å². The van der Waals surface area contributed by atoms with Gasteiger partial charge in [-0.25, -0.2) is 4.98 Å². The lowest BCUT2D eigenvalue weighted by atomic mass is 10.2. The molecule has 27 heavy (non-hydrogen) atoms. The van der Waals surface area contributed by atoms with Crippen LogP contribution in [0.25, 0.3) is 0 Å². The van der Waals surface area contributed by atoms with Gasteiger partial charge in [-0.15, -0.1) is 0 Å². The van der Waals surface area contributed by atoms with Gasteiger partial charge in [0.2, 0.25) is 0 Å². The summed E-state index contributed by atoms with van der Waals surface area (Å²) >= 11 is 0. The van der Waals surface area contributed by atoms with E-state index in [1.165, 1.54) is 0 Å². The summed E-state index contributed by atoms with van der Waals surface area (Å²) in [4.78, 5) is 18.6. The summed E-state index contributed by atoms with van der Waals surface area (Å²) in [6.07, 6.45) is 3.83. The molecule has 1 saturated heterocycles. The summed E-state index contributed by atoms with van der Waals surface area (Å²) in [6, 6.07) is 21.0. The number of carbonyl (C=O) groups excluding carboxylic acids is 1. The quantitative estimate of drug-likeness (QED) is 0.707. The van der Waals surface area contributed by atoms with E-state index in [9.17, 15) is 4.79 Å². The fourth-order valence-corrected chi connectivity index (χ4v) is 3.11. The second kappa shape index (κ2) is 7.91. The van der Waals surface area contributed by atoms with Gasteiger partial charge < -0.3 is 15.0 Å². The van der Waals surface area contributed by atoms with E-state index >= 15 is 0 Å². The number of ether oxygens (including phenoxy) is 1. The highest BCUT2D eigenvalue weighted by atomic mass is 16.5. The lowest BCUT2D eigenvalue weighted by Gasteiger charge is -2.15. The van der Waals surface area contributed by atoms with Gasteiger partial charge in [-0.2, -0.15) is 0 Å². The molecule has 5 nitrogen and oxygen atoms in total. The zero-order valence-electron chi connectivity index (χ0n) is 15.0. The summed E-state index contributed by atoms with van der Waals surface area (Å²) in [5.41, 5.74) is 2.12. The number of amides is 1. The van der Waals surface area contributed by atoms with Crippen LogP contribution in [0.15, 0.2) is 72.9 Å². The lowest BCUT2D eigenvalue weighted by molar-refractivity contribution is 0.0787. The number of carbonyl (C=O) groups is 1. The number of pyridine rings is 1. The molecule has 2 aromatic carbocycles. The van der Waals surface area contributed by atoms with Crippen LogP contribution in [0, 0.1) is 0 Å². The molecule has 4 rings (SSSR count). The highest BCUT2D eigenvalue weighted by Crippen LogP contribution is 2.31. The minimum absolute atomic E-state index is 0.00635. The molecule has 1 N–H and O–H groups in total. The Morgan fingerprint density at radius 3 is 2.41 bits per heavy atom. The highest BCUT2D eigenvalue weighted by Gasteiger charge is 2.20. The van der Waals surface area contributed by atoms with Crippen LogP contribution in [-0.2, 0) is 0 Å². The topological polar surface area (TPSA) is 54.5 Å². The monoisotopic (exact) mass is 359 g/mol. The minimum Gasteiger partial charge on any atom is -0.455 e. The van der Waals surface area contributed by atoms with E-state index in [0.29, 0.717) is 5.69 Å². The summed E-state index contributed by atoms with van der Waals surface area (Å²) in [6.45, 7) is 1.65. The summed E-state index contributed by atoms with van der Waals surface area (Å²) in [5.74, 6) is 1.50. The van der Waals surface area contributed by atoms with E-state index in [0.717, 1.165) is 48.8 Å². The molecule has 2 heterocycles. The molecule has 0 saturated carbocycles. The zero-order valence-corrected chi connectivity index (χ0v) is 15.0. The van der Waals surface area contributed by atoms with Crippen molar-refractivity contribution in [3.8, 4) is 11.5 Å². The Bertz CT molecular complexity index is 904. The molecule has 0 spiro atoms. The lowest BCUT2D eigenvalue weighted by Crippen LogP contribution is -2.28. The van der Waals surface area contributed by atoms with Gasteiger partial charge in [-0.1, -0.05) is 30.3 Å². The summed E-state index contributed by atoms with van der Waals surface area (Å²) in [5, 5.41) is 3.32. The molecule has 136 valence electrons. The Kier molecular flexibility index (Phi) is 5.01. The van der Waals surface area contributed by atoms with Crippen LogP contribution >= 0.6 is 0 Å². The van der Waals surface area contributed by atoms with E-state index in [1.807, 2.05) is 65.6 Å². The number of hydrogen-bond acceptors (Lipinski definition) is 4. The molecule has 5 heteroatoms. The van der Waals surface area contributed by atoms with Crippen molar-refractivity contribution >= 4 is 17.3 Å². The van der Waals surface area contributed by atoms with Crippen molar-refractivity contribution in [1.82, 2.24) is 9.88 Å². The van der Waals surface area contributed by atoms with Crippen LogP contribution in [0.2, 0.25) is 0 Å². The first-order chi connectivity index (χ1) is 13.3. The van der Waals surface area contributed by atoms with Crippen molar-refractivity contribution in [3.05, 3.63) is 78.6 Å². The van der Waals surface area contributed by atoms with Gasteiger partial charge in [-0.3, -0.25) is 4.79 Å². The van der Waals surface area contributed by atoms with Crippen molar-refractivity contribution in [3.63, 3.8) is 0 Å². The third kappa shape index (κ3) is 4.08. The van der Waals surface area contributed by atoms with Crippen molar-refractivity contribution in [2.75, 3.05) is 18.4 Å². The molecule has 1 amide bonds. The van der Waals surface area contributed by atoms with E-state index in [1.54, 1.807) is 12.3 Å². The molecule has 0 unspecified atom stereocenters. The van der Waals surface area contributed by atoms with Crippen LogP contribution in [-0.4, -0.2) is 28.9 Å². The van der Waals surface area contributed by atoms with Crippen LogP contribution in [0.3, 0.4) is 0 Å². The van der Waals surface area contributed by atoms with Crippen molar-refractivity contribution in [2.24, 2.45) is 0 Å². The average molecular weight is 359 g/mol. The number of rotatable bonds is 5. The van der Waals surface area contributed by atoms with E-state index in [2.05, 4.69) is 10.3 Å². The van der Waals surface area contributed by atoms with Crippen LogP contribution in [0.4, 0.5) is 11.4 Å². The maximum atomic E-state index is 12.4. The Labute approximate surface area is 158 Å². The van der Waals surface area contributed by atoms with E-state index < -0.39 is 0 Å². The Morgan fingerprint density at radius 1 is 0.926 bits per heavy atom.